The Labute approximate surface area is 109 Å². The maximum atomic E-state index is 12.6. The van der Waals surface area contributed by atoms with Crippen molar-refractivity contribution in [1.82, 2.24) is 0 Å². The molecule has 0 unspecified atom stereocenters. The van der Waals surface area contributed by atoms with E-state index in [9.17, 15) is 4.79 Å². The average molecular weight is 243 g/mol. The third-order valence-electron chi connectivity index (χ3n) is 5.01. The highest BCUT2D eigenvalue weighted by molar-refractivity contribution is 6.04. The first kappa shape index (κ1) is 11.8. The monoisotopic (exact) mass is 243 g/mol. The van der Waals surface area contributed by atoms with Gasteiger partial charge < -0.3 is 5.73 Å². The SMILES string of the molecule is Cc1c(N)cc2c(c1C)C(=O)[C@H](C1CCCC1)C2. The van der Waals surface area contributed by atoms with E-state index in [-0.39, 0.29) is 5.92 Å². The number of fused-ring (bicyclic) bond motifs is 1. The van der Waals surface area contributed by atoms with Crippen LogP contribution in [0.4, 0.5) is 5.69 Å². The van der Waals surface area contributed by atoms with Gasteiger partial charge >= 0.3 is 0 Å². The van der Waals surface area contributed by atoms with Crippen LogP contribution < -0.4 is 5.73 Å². The van der Waals surface area contributed by atoms with Gasteiger partial charge in [-0.3, -0.25) is 4.79 Å². The Balaban J connectivity index is 2.01. The summed E-state index contributed by atoms with van der Waals surface area (Å²) >= 11 is 0. The second-order valence-electron chi connectivity index (χ2n) is 5.97. The fourth-order valence-electron chi connectivity index (χ4n) is 3.77. The van der Waals surface area contributed by atoms with E-state index in [0.717, 1.165) is 28.8 Å². The van der Waals surface area contributed by atoms with Crippen molar-refractivity contribution in [2.75, 3.05) is 5.73 Å². The van der Waals surface area contributed by atoms with Gasteiger partial charge in [-0.25, -0.2) is 0 Å². The predicted molar refractivity (Wildman–Crippen MR) is 73.8 cm³/mol. The fraction of sp³-hybridized carbons (Fsp3) is 0.562. The van der Waals surface area contributed by atoms with Crippen LogP contribution in [0.3, 0.4) is 0 Å². The molecule has 0 bridgehead atoms. The van der Waals surface area contributed by atoms with Crippen molar-refractivity contribution >= 4 is 11.5 Å². The summed E-state index contributed by atoms with van der Waals surface area (Å²) in [6.45, 7) is 4.06. The van der Waals surface area contributed by atoms with Crippen molar-refractivity contribution in [3.63, 3.8) is 0 Å². The van der Waals surface area contributed by atoms with Gasteiger partial charge in [-0.2, -0.15) is 0 Å². The highest BCUT2D eigenvalue weighted by atomic mass is 16.1. The quantitative estimate of drug-likeness (QED) is 0.768. The number of carbonyl (C=O) groups excluding carboxylic acids is 1. The van der Waals surface area contributed by atoms with Gasteiger partial charge in [-0.15, -0.1) is 0 Å². The normalized spacial score (nSPS) is 23.7. The fourth-order valence-corrected chi connectivity index (χ4v) is 3.77. The minimum absolute atomic E-state index is 0.238. The summed E-state index contributed by atoms with van der Waals surface area (Å²) in [5.41, 5.74) is 11.2. The first-order valence-corrected chi connectivity index (χ1v) is 7.02. The van der Waals surface area contributed by atoms with E-state index in [4.69, 9.17) is 5.73 Å². The van der Waals surface area contributed by atoms with Gasteiger partial charge in [0.15, 0.2) is 5.78 Å². The Kier molecular flexibility index (Phi) is 2.69. The molecule has 0 aliphatic heterocycles. The zero-order chi connectivity index (χ0) is 12.9. The van der Waals surface area contributed by atoms with Crippen LogP contribution in [0, 0.1) is 25.7 Å². The molecule has 1 aromatic rings. The predicted octanol–water partition coefficient (Wildman–Crippen LogP) is 3.43. The first-order chi connectivity index (χ1) is 8.59. The third kappa shape index (κ3) is 1.58. The lowest BCUT2D eigenvalue weighted by atomic mass is 9.87. The standard InChI is InChI=1S/C16H21NO/c1-9-10(2)15-12(8-14(9)17)7-13(16(15)18)11-5-3-4-6-11/h8,11,13H,3-7,17H2,1-2H3/t13-/m0/s1. The number of carbonyl (C=O) groups is 1. The summed E-state index contributed by atoms with van der Waals surface area (Å²) in [6, 6.07) is 2.03. The molecular weight excluding hydrogens is 222 g/mol. The molecule has 2 aliphatic carbocycles. The summed E-state index contributed by atoms with van der Waals surface area (Å²) in [6.07, 6.45) is 5.98. The van der Waals surface area contributed by atoms with Crippen molar-refractivity contribution in [3.8, 4) is 0 Å². The van der Waals surface area contributed by atoms with Crippen LogP contribution >= 0.6 is 0 Å². The minimum Gasteiger partial charge on any atom is -0.398 e. The Bertz CT molecular complexity index is 512. The van der Waals surface area contributed by atoms with Crippen LogP contribution in [0.25, 0.3) is 0 Å². The number of benzene rings is 1. The van der Waals surface area contributed by atoms with Gasteiger partial charge in [-0.05, 0) is 61.8 Å². The molecule has 1 aromatic carbocycles. The van der Waals surface area contributed by atoms with Crippen LogP contribution in [0.5, 0.6) is 0 Å². The lowest BCUT2D eigenvalue weighted by molar-refractivity contribution is 0.0894. The lowest BCUT2D eigenvalue weighted by Gasteiger charge is -2.15. The van der Waals surface area contributed by atoms with E-state index in [1.54, 1.807) is 0 Å². The first-order valence-electron chi connectivity index (χ1n) is 7.02. The summed E-state index contributed by atoms with van der Waals surface area (Å²) < 4.78 is 0. The van der Waals surface area contributed by atoms with E-state index in [1.165, 1.54) is 31.2 Å². The molecule has 0 aromatic heterocycles. The van der Waals surface area contributed by atoms with Crippen LogP contribution in [0.15, 0.2) is 6.07 Å². The molecule has 2 aliphatic rings. The number of nitrogens with two attached hydrogens (primary N) is 1. The Hall–Kier alpha value is -1.31. The topological polar surface area (TPSA) is 43.1 Å². The molecule has 0 radical (unpaired) electrons. The number of hydrogen-bond acceptors (Lipinski definition) is 2. The number of anilines is 1. The highest BCUT2D eigenvalue weighted by Crippen LogP contribution is 2.41. The van der Waals surface area contributed by atoms with Crippen LogP contribution in [0.1, 0.15) is 52.7 Å². The Morgan fingerprint density at radius 3 is 2.50 bits per heavy atom. The Morgan fingerprint density at radius 2 is 1.83 bits per heavy atom. The second-order valence-corrected chi connectivity index (χ2v) is 5.97. The second kappa shape index (κ2) is 4.11. The minimum atomic E-state index is 0.238. The molecule has 1 atom stereocenters. The van der Waals surface area contributed by atoms with Crippen molar-refractivity contribution < 1.29 is 4.79 Å². The molecule has 3 rings (SSSR count). The lowest BCUT2D eigenvalue weighted by Crippen LogP contribution is -2.18. The molecule has 2 nitrogen and oxygen atoms in total. The summed E-state index contributed by atoms with van der Waals surface area (Å²) in [5.74, 6) is 1.24. The highest BCUT2D eigenvalue weighted by Gasteiger charge is 2.38. The summed E-state index contributed by atoms with van der Waals surface area (Å²) in [5, 5.41) is 0. The zero-order valence-electron chi connectivity index (χ0n) is 11.3. The van der Waals surface area contributed by atoms with E-state index in [2.05, 4.69) is 0 Å². The van der Waals surface area contributed by atoms with Crippen LogP contribution in [0.2, 0.25) is 0 Å². The van der Waals surface area contributed by atoms with Gasteiger partial charge in [0.25, 0.3) is 0 Å². The molecule has 0 heterocycles. The number of rotatable bonds is 1. The third-order valence-corrected chi connectivity index (χ3v) is 5.01. The largest absolute Gasteiger partial charge is 0.398 e. The molecule has 2 N–H and O–H groups in total. The molecule has 18 heavy (non-hydrogen) atoms. The molecule has 0 amide bonds. The van der Waals surface area contributed by atoms with Gasteiger partial charge in [0.2, 0.25) is 0 Å². The van der Waals surface area contributed by atoms with Crippen molar-refractivity contribution in [1.29, 1.82) is 0 Å². The number of hydrogen-bond donors (Lipinski definition) is 1. The number of nitrogen functional groups attached to an aromatic ring is 1. The van der Waals surface area contributed by atoms with Gasteiger partial charge in [0.1, 0.15) is 0 Å². The molecule has 0 spiro atoms. The van der Waals surface area contributed by atoms with Crippen molar-refractivity contribution in [2.24, 2.45) is 11.8 Å². The average Bonchev–Trinajstić information content (AvgIpc) is 2.94. The smallest absolute Gasteiger partial charge is 0.167 e. The maximum Gasteiger partial charge on any atom is 0.167 e. The van der Waals surface area contributed by atoms with E-state index >= 15 is 0 Å². The van der Waals surface area contributed by atoms with E-state index in [1.807, 2.05) is 19.9 Å². The molecule has 96 valence electrons. The van der Waals surface area contributed by atoms with Gasteiger partial charge in [0.05, 0.1) is 0 Å². The molecular formula is C16H21NO. The maximum absolute atomic E-state index is 12.6. The molecule has 1 saturated carbocycles. The van der Waals surface area contributed by atoms with Crippen molar-refractivity contribution in [2.45, 2.75) is 46.0 Å². The summed E-state index contributed by atoms with van der Waals surface area (Å²) in [4.78, 5) is 12.6. The molecule has 1 fully saturated rings. The van der Waals surface area contributed by atoms with E-state index in [0.29, 0.717) is 11.7 Å². The zero-order valence-corrected chi connectivity index (χ0v) is 11.3. The van der Waals surface area contributed by atoms with Crippen LogP contribution in [-0.4, -0.2) is 5.78 Å². The van der Waals surface area contributed by atoms with Crippen LogP contribution in [-0.2, 0) is 6.42 Å². The van der Waals surface area contributed by atoms with E-state index < -0.39 is 0 Å². The molecule has 2 heteroatoms. The molecule has 0 saturated heterocycles. The van der Waals surface area contributed by atoms with Gasteiger partial charge in [-0.1, -0.05) is 12.8 Å². The van der Waals surface area contributed by atoms with Gasteiger partial charge in [0, 0.05) is 17.2 Å². The Morgan fingerprint density at radius 1 is 1.17 bits per heavy atom. The number of ketones is 1. The van der Waals surface area contributed by atoms with Crippen molar-refractivity contribution in [3.05, 3.63) is 28.3 Å². The number of Topliss-reactive ketones (excluding diaryl/α,β-unsaturated/α-hetero) is 1. The summed E-state index contributed by atoms with van der Waals surface area (Å²) in [7, 11) is 0.